The van der Waals surface area contributed by atoms with Crippen molar-refractivity contribution in [2.24, 2.45) is 5.92 Å². The van der Waals surface area contributed by atoms with Crippen LogP contribution in [0, 0.1) is 5.92 Å². The fourth-order valence-electron chi connectivity index (χ4n) is 3.44. The molecule has 0 aromatic heterocycles. The van der Waals surface area contributed by atoms with Crippen molar-refractivity contribution in [2.75, 3.05) is 44.8 Å². The molecule has 0 aliphatic carbocycles. The molecule has 2 aromatic rings. The third kappa shape index (κ3) is 4.93. The zero-order valence-electron chi connectivity index (χ0n) is 15.5. The Kier molecular flexibility index (Phi) is 6.81. The predicted octanol–water partition coefficient (Wildman–Crippen LogP) is 3.17. The molecule has 0 bridgehead atoms. The first-order valence-corrected chi connectivity index (χ1v) is 9.43. The molecule has 2 aromatic carbocycles. The molecule has 0 spiro atoms. The van der Waals surface area contributed by atoms with Gasteiger partial charge in [-0.15, -0.1) is 0 Å². The van der Waals surface area contributed by atoms with Crippen LogP contribution < -0.4 is 10.2 Å². The lowest BCUT2D eigenvalue weighted by atomic mass is 9.88. The highest BCUT2D eigenvalue weighted by molar-refractivity contribution is 5.98. The largest absolute Gasteiger partial charge is 0.378 e. The Morgan fingerprint density at radius 2 is 1.77 bits per heavy atom. The van der Waals surface area contributed by atoms with E-state index in [0.717, 1.165) is 51.3 Å². The number of nitrogens with one attached hydrogen (secondary N) is 1. The summed E-state index contributed by atoms with van der Waals surface area (Å²) in [7, 11) is 1.93. The number of ketones is 1. The number of ether oxygens (including phenoxy) is 1. The number of anilines is 1. The highest BCUT2D eigenvalue weighted by atomic mass is 16.5. The molecule has 1 N–H and O–H groups in total. The number of Topliss-reactive ketones (excluding diaryl/α,β-unsaturated/α-hetero) is 1. The first-order chi connectivity index (χ1) is 12.8. The number of carbonyl (C=O) groups is 1. The molecule has 1 saturated heterocycles. The molecule has 138 valence electrons. The number of nitrogens with zero attached hydrogens (tertiary/aromatic N) is 1. The second-order valence-corrected chi connectivity index (χ2v) is 6.79. The molecular weight excluding hydrogens is 324 g/mol. The lowest BCUT2D eigenvalue weighted by molar-refractivity contribution is 0.0912. The quantitative estimate of drug-likeness (QED) is 0.741. The third-order valence-electron chi connectivity index (χ3n) is 4.97. The van der Waals surface area contributed by atoms with E-state index in [2.05, 4.69) is 34.5 Å². The van der Waals surface area contributed by atoms with E-state index in [1.807, 2.05) is 37.4 Å². The van der Waals surface area contributed by atoms with Crippen LogP contribution in [0.2, 0.25) is 0 Å². The van der Waals surface area contributed by atoms with Crippen LogP contribution in [0.1, 0.15) is 22.3 Å². The van der Waals surface area contributed by atoms with Crippen LogP contribution in [0.3, 0.4) is 0 Å². The minimum Gasteiger partial charge on any atom is -0.378 e. The maximum atomic E-state index is 13.1. The van der Waals surface area contributed by atoms with Gasteiger partial charge in [0.05, 0.1) is 13.2 Å². The van der Waals surface area contributed by atoms with Crippen LogP contribution >= 0.6 is 0 Å². The van der Waals surface area contributed by atoms with Crippen molar-refractivity contribution in [1.29, 1.82) is 0 Å². The Balaban J connectivity index is 1.70. The van der Waals surface area contributed by atoms with Gasteiger partial charge >= 0.3 is 0 Å². The van der Waals surface area contributed by atoms with Crippen molar-refractivity contribution in [2.45, 2.75) is 12.8 Å². The van der Waals surface area contributed by atoms with E-state index < -0.39 is 0 Å². The highest BCUT2D eigenvalue weighted by Gasteiger charge is 2.21. The lowest BCUT2D eigenvalue weighted by Gasteiger charge is -2.29. The SMILES string of the molecule is CNCCC(Cc1ccccc1)C(=O)c1ccc(N2CCOCC2)cc1. The Morgan fingerprint density at radius 3 is 2.42 bits per heavy atom. The maximum absolute atomic E-state index is 13.1. The summed E-state index contributed by atoms with van der Waals surface area (Å²) < 4.78 is 5.41. The van der Waals surface area contributed by atoms with Gasteiger partial charge in [-0.1, -0.05) is 30.3 Å². The molecule has 1 heterocycles. The van der Waals surface area contributed by atoms with Crippen molar-refractivity contribution in [3.63, 3.8) is 0 Å². The summed E-state index contributed by atoms with van der Waals surface area (Å²) in [5, 5.41) is 3.17. The summed E-state index contributed by atoms with van der Waals surface area (Å²) in [6.45, 7) is 4.20. The van der Waals surface area contributed by atoms with E-state index in [1.165, 1.54) is 11.3 Å². The molecule has 3 rings (SSSR count). The fourth-order valence-corrected chi connectivity index (χ4v) is 3.44. The van der Waals surface area contributed by atoms with Crippen molar-refractivity contribution < 1.29 is 9.53 Å². The summed E-state index contributed by atoms with van der Waals surface area (Å²) in [4.78, 5) is 15.4. The van der Waals surface area contributed by atoms with E-state index in [1.54, 1.807) is 0 Å². The number of hydrogen-bond acceptors (Lipinski definition) is 4. The predicted molar refractivity (Wildman–Crippen MR) is 106 cm³/mol. The van der Waals surface area contributed by atoms with Crippen LogP contribution in [-0.2, 0) is 11.2 Å². The fraction of sp³-hybridized carbons (Fsp3) is 0.409. The number of benzene rings is 2. The van der Waals surface area contributed by atoms with Gasteiger partial charge in [-0.05, 0) is 56.3 Å². The smallest absolute Gasteiger partial charge is 0.166 e. The van der Waals surface area contributed by atoms with Crippen molar-refractivity contribution in [3.8, 4) is 0 Å². The first kappa shape index (κ1) is 18.6. The average Bonchev–Trinajstić information content (AvgIpc) is 2.72. The van der Waals surface area contributed by atoms with E-state index in [4.69, 9.17) is 4.74 Å². The molecule has 0 saturated carbocycles. The van der Waals surface area contributed by atoms with Gasteiger partial charge in [-0.2, -0.15) is 0 Å². The Hall–Kier alpha value is -2.17. The molecule has 1 fully saturated rings. The topological polar surface area (TPSA) is 41.6 Å². The third-order valence-corrected chi connectivity index (χ3v) is 4.97. The van der Waals surface area contributed by atoms with Gasteiger partial charge in [0.1, 0.15) is 0 Å². The summed E-state index contributed by atoms with van der Waals surface area (Å²) in [5.41, 5.74) is 3.19. The summed E-state index contributed by atoms with van der Waals surface area (Å²) in [6.07, 6.45) is 1.63. The number of morpholine rings is 1. The molecule has 26 heavy (non-hydrogen) atoms. The summed E-state index contributed by atoms with van der Waals surface area (Å²) in [5.74, 6) is 0.233. The van der Waals surface area contributed by atoms with E-state index >= 15 is 0 Å². The van der Waals surface area contributed by atoms with E-state index in [0.29, 0.717) is 0 Å². The number of hydrogen-bond donors (Lipinski definition) is 1. The normalized spacial score (nSPS) is 15.7. The van der Waals surface area contributed by atoms with Crippen molar-refractivity contribution in [3.05, 3.63) is 65.7 Å². The van der Waals surface area contributed by atoms with Gasteiger partial charge in [-0.3, -0.25) is 4.79 Å². The molecule has 1 atom stereocenters. The zero-order chi connectivity index (χ0) is 18.2. The average molecular weight is 352 g/mol. The second kappa shape index (κ2) is 9.51. The van der Waals surface area contributed by atoms with E-state index in [9.17, 15) is 4.79 Å². The van der Waals surface area contributed by atoms with Gasteiger partial charge < -0.3 is 15.0 Å². The zero-order valence-corrected chi connectivity index (χ0v) is 15.5. The van der Waals surface area contributed by atoms with Crippen molar-refractivity contribution in [1.82, 2.24) is 5.32 Å². The minimum atomic E-state index is -0.000846. The van der Waals surface area contributed by atoms with Gasteiger partial charge in [0.15, 0.2) is 5.78 Å². The Labute approximate surface area is 156 Å². The number of carbonyl (C=O) groups excluding carboxylic acids is 1. The standard InChI is InChI=1S/C22H28N2O2/c1-23-12-11-20(17-18-5-3-2-4-6-18)22(25)19-7-9-21(10-8-19)24-13-15-26-16-14-24/h2-10,20,23H,11-17H2,1H3. The Morgan fingerprint density at radius 1 is 1.08 bits per heavy atom. The number of rotatable bonds is 8. The summed E-state index contributed by atoms with van der Waals surface area (Å²) in [6, 6.07) is 18.4. The lowest BCUT2D eigenvalue weighted by Crippen LogP contribution is -2.36. The van der Waals surface area contributed by atoms with Gasteiger partial charge in [0.25, 0.3) is 0 Å². The highest BCUT2D eigenvalue weighted by Crippen LogP contribution is 2.21. The molecule has 0 amide bonds. The van der Waals surface area contributed by atoms with Crippen LogP contribution in [0.15, 0.2) is 54.6 Å². The van der Waals surface area contributed by atoms with Gasteiger partial charge in [-0.25, -0.2) is 0 Å². The second-order valence-electron chi connectivity index (χ2n) is 6.79. The molecule has 0 radical (unpaired) electrons. The van der Waals surface area contributed by atoms with Gasteiger partial charge in [0.2, 0.25) is 0 Å². The minimum absolute atomic E-state index is 0.000846. The molecule has 4 nitrogen and oxygen atoms in total. The molecule has 4 heteroatoms. The maximum Gasteiger partial charge on any atom is 0.166 e. The van der Waals surface area contributed by atoms with Crippen LogP contribution in [0.4, 0.5) is 5.69 Å². The Bertz CT molecular complexity index is 679. The van der Waals surface area contributed by atoms with Crippen LogP contribution in [0.25, 0.3) is 0 Å². The molecule has 1 aliphatic heterocycles. The molecule has 1 unspecified atom stereocenters. The van der Waals surface area contributed by atoms with Crippen LogP contribution in [-0.4, -0.2) is 45.7 Å². The van der Waals surface area contributed by atoms with Crippen LogP contribution in [0.5, 0.6) is 0 Å². The molecular formula is C22H28N2O2. The van der Waals surface area contributed by atoms with E-state index in [-0.39, 0.29) is 11.7 Å². The summed E-state index contributed by atoms with van der Waals surface area (Å²) >= 11 is 0. The monoisotopic (exact) mass is 352 g/mol. The first-order valence-electron chi connectivity index (χ1n) is 9.43. The molecule has 1 aliphatic rings. The van der Waals surface area contributed by atoms with Gasteiger partial charge in [0, 0.05) is 30.3 Å². The van der Waals surface area contributed by atoms with Crippen molar-refractivity contribution >= 4 is 11.5 Å².